The van der Waals surface area contributed by atoms with E-state index in [0.29, 0.717) is 119 Å². The second kappa shape index (κ2) is 36.4. The zero-order chi connectivity index (χ0) is 95.6. The molecule has 27 heteroatoms. The lowest BCUT2D eigenvalue weighted by Crippen LogP contribution is -2.54. The van der Waals surface area contributed by atoms with Crippen LogP contribution in [-0.4, -0.2) is 142 Å². The van der Waals surface area contributed by atoms with Crippen LogP contribution in [-0.2, 0) is 55.2 Å². The van der Waals surface area contributed by atoms with Gasteiger partial charge in [0, 0.05) is 60.5 Å². The maximum atomic E-state index is 14.3. The van der Waals surface area contributed by atoms with Gasteiger partial charge in [0.15, 0.2) is 33.0 Å². The minimum absolute atomic E-state index is 0.00240. The number of rotatable bonds is 16. The number of halogens is 4. The smallest absolute Gasteiger partial charge is 0.390 e. The molecule has 134 heavy (non-hydrogen) atoms. The molecule has 0 aromatic carbocycles. The molecule has 0 aliphatic heterocycles. The second-order valence-electron chi connectivity index (χ2n) is 50.0. The number of nitrogens with zero attached hydrogens (tertiary/aromatic N) is 11. The van der Waals surface area contributed by atoms with E-state index in [0.717, 1.165) is 176 Å². The van der Waals surface area contributed by atoms with Crippen LogP contribution >= 0.6 is 11.6 Å². The molecular formula is C107H152ClF3N12O10S. The Labute approximate surface area is 798 Å². The van der Waals surface area contributed by atoms with Gasteiger partial charge in [-0.3, -0.25) is 37.9 Å². The third-order valence-corrected chi connectivity index (χ3v) is 44.2. The van der Waals surface area contributed by atoms with Gasteiger partial charge in [0.25, 0.3) is 0 Å². The number of aromatic nitrogens is 8. The monoisotopic (exact) mass is 1890 g/mol. The van der Waals surface area contributed by atoms with E-state index in [1.54, 1.807) is 54.2 Å². The Hall–Kier alpha value is -6.18. The van der Waals surface area contributed by atoms with Crippen molar-refractivity contribution in [2.24, 2.45) is 181 Å². The highest BCUT2D eigenvalue weighted by Gasteiger charge is 2.73. The first-order chi connectivity index (χ1) is 63.2. The number of ketones is 4. The predicted octanol–water partition coefficient (Wildman–Crippen LogP) is 20.6. The SMILES string of the molecule is C[C@@]1(O)CC[C@H]2[C@H](CC[C@@H]3[C@@H]2CC[C@@]2(C)[C@H]3[C@@H]3C[C@@H]3[C@@H]2C(=O)Cn2cc(Cl)cn2)C1.[C-]#[N+]c1cnn(CC(=O)C2[C@@H](C(F)(F)F)CC3C4CC[C@@H]5C[C@](C)(O)CC[C@@H]5C4CC[C@@]32C)c1.[C-]#[N+]c1cnn(CC(=O)[C@H]2CC(NC(C)C)[C@H]3[C@@H]4CC[C@@H]5C[C@](C)(O)CC[C@@H]5[C@H]4CC[C@]23C)c1.[C-]#[N+]c1cnn(CC(=O)[C@H]2CC(S(=O)(=O)C(C)C)[C@H]3[C@@H]4CC[C@@H]5C[C@](C)(O)CC[C@@H]5[C@H]4CC[C@]23C)c1. The van der Waals surface area contributed by atoms with Crippen LogP contribution in [0.25, 0.3) is 14.5 Å². The van der Waals surface area contributed by atoms with E-state index in [-0.39, 0.29) is 95.1 Å². The summed E-state index contributed by atoms with van der Waals surface area (Å²) in [5, 5.41) is 62.9. The molecule has 0 saturated heterocycles. The summed E-state index contributed by atoms with van der Waals surface area (Å²) in [7, 11) is -3.38. The number of aliphatic hydroxyl groups is 4. The summed E-state index contributed by atoms with van der Waals surface area (Å²) < 4.78 is 76.7. The molecule has 17 saturated carbocycles. The fraction of sp³-hybridized carbons (Fsp3) is 0.822. The van der Waals surface area contributed by atoms with Crippen molar-refractivity contribution >= 4 is 61.6 Å². The van der Waals surface area contributed by atoms with E-state index < -0.39 is 72.0 Å². The Morgan fingerprint density at radius 3 is 1.19 bits per heavy atom. The molecule has 4 aromatic heterocycles. The predicted molar refractivity (Wildman–Crippen MR) is 506 cm³/mol. The van der Waals surface area contributed by atoms with Gasteiger partial charge in [0.1, 0.15) is 0 Å². The Bertz CT molecular complexity index is 5270. The number of carbonyl (C=O) groups excluding carboxylic acids is 4. The highest BCUT2D eigenvalue weighted by molar-refractivity contribution is 7.92. The lowest BCUT2D eigenvalue weighted by molar-refractivity contribution is -0.191. The Morgan fingerprint density at radius 2 is 0.784 bits per heavy atom. The van der Waals surface area contributed by atoms with Crippen molar-refractivity contribution in [1.82, 2.24) is 44.4 Å². The van der Waals surface area contributed by atoms with Crippen molar-refractivity contribution in [2.75, 3.05) is 0 Å². The van der Waals surface area contributed by atoms with Crippen molar-refractivity contribution in [3.63, 3.8) is 0 Å². The van der Waals surface area contributed by atoms with Gasteiger partial charge >= 0.3 is 6.18 Å². The summed E-state index contributed by atoms with van der Waals surface area (Å²) in [6, 6.07) is 0.781. The molecule has 0 amide bonds. The maximum absolute atomic E-state index is 14.3. The molecule has 5 N–H and O–H groups in total. The Kier molecular flexibility index (Phi) is 26.6. The number of alkyl halides is 3. The molecule has 37 atom stereocenters. The number of hydrogen-bond donors (Lipinski definition) is 5. The van der Waals surface area contributed by atoms with Crippen molar-refractivity contribution in [2.45, 2.75) is 366 Å². The molecule has 17 aliphatic rings. The van der Waals surface area contributed by atoms with Crippen LogP contribution in [0.5, 0.6) is 0 Å². The van der Waals surface area contributed by atoms with Gasteiger partial charge in [0.2, 0.25) is 17.1 Å². The van der Waals surface area contributed by atoms with E-state index in [1.165, 1.54) is 85.7 Å². The van der Waals surface area contributed by atoms with Crippen LogP contribution in [0, 0.1) is 201 Å². The van der Waals surface area contributed by atoms with Gasteiger partial charge in [-0.2, -0.15) is 33.6 Å². The molecule has 17 fully saturated rings. The Balaban J connectivity index is 0.000000120. The molecule has 734 valence electrons. The third-order valence-electron chi connectivity index (χ3n) is 41.4. The zero-order valence-electron chi connectivity index (χ0n) is 81.6. The van der Waals surface area contributed by atoms with Gasteiger partial charge in [-0.15, -0.1) is 0 Å². The van der Waals surface area contributed by atoms with Gasteiger partial charge in [-0.1, -0.05) is 53.1 Å². The first-order valence-electron chi connectivity index (χ1n) is 52.1. The molecule has 6 unspecified atom stereocenters. The van der Waals surface area contributed by atoms with Crippen LogP contribution in [0.3, 0.4) is 0 Å². The van der Waals surface area contributed by atoms with Crippen LogP contribution in [0.2, 0.25) is 5.02 Å². The maximum Gasteiger partial charge on any atom is 0.392 e. The third kappa shape index (κ3) is 18.2. The quantitative estimate of drug-likeness (QED) is 0.0652. The topological polar surface area (TPSA) is 280 Å². The molecule has 17 aliphatic carbocycles. The lowest BCUT2D eigenvalue weighted by atomic mass is 9.48. The summed E-state index contributed by atoms with van der Waals surface area (Å²) in [6.07, 6.45) is 39.5. The number of fused-ring (bicyclic) bond motifs is 22. The van der Waals surface area contributed by atoms with E-state index >= 15 is 0 Å². The number of carbonyl (C=O) groups is 4. The molecule has 4 heterocycles. The molecular weight excluding hydrogens is 1740 g/mol. The summed E-state index contributed by atoms with van der Waals surface area (Å²) in [4.78, 5) is 64.4. The van der Waals surface area contributed by atoms with Crippen LogP contribution < -0.4 is 5.32 Å². The Morgan fingerprint density at radius 1 is 0.425 bits per heavy atom. The zero-order valence-corrected chi connectivity index (χ0v) is 83.1. The number of hydrogen-bond acceptors (Lipinski definition) is 15. The first kappa shape index (κ1) is 98.0. The van der Waals surface area contributed by atoms with E-state index in [9.17, 15) is 61.2 Å². The van der Waals surface area contributed by atoms with Crippen molar-refractivity contribution < 1.29 is 61.2 Å². The van der Waals surface area contributed by atoms with Gasteiger partial charge < -0.3 is 25.7 Å². The summed E-state index contributed by atoms with van der Waals surface area (Å²) >= 11 is 6.02. The van der Waals surface area contributed by atoms with Gasteiger partial charge in [0.05, 0.1) is 115 Å². The molecule has 4 aromatic rings. The number of Topliss-reactive ketones (excluding diaryl/α,β-unsaturated/α-hetero) is 4. The van der Waals surface area contributed by atoms with Crippen LogP contribution in [0.4, 0.5) is 30.2 Å². The standard InChI is InChI=1S/C28H42N4O2.C28H41N3O4S.C26H34F3N3O2.C25H35ClN2O2/c1-17(2)31-24-12-23(25(33)16-32-15-19(29-5)14-30-32)28(4)11-9-21-20-8-10-27(3,34)13-18(20)6-7-22(21)26(24)28;1-17(2)36(34,35)25-12-23(24(32)16-31-15-19(29-5)14-30-31)28(4)11-9-21-20-8-10-27(3,33)13-18(20)6-7-22(21)26(25)28;1-24(34)8-6-17-15(11-24)4-5-19-18(17)7-9-25(2)20(19)10-21(26(27,28)29)23(25)22(33)14-32-13-16(30-3)12-31-32;1-24(30)7-5-16-14(10-24)3-4-18-17(16)6-8-25(2)22(18)19-9-20(19)23(25)21(29)13-28-12-15(26)11-27-28/h14-15,17-18,20-24,26,31,34H,6-13,16H2,1-4H3;14-15,17-18,20-23,25-26,33H,6-13,16H2,1-4H3;12-13,15,17-21,23,34H,4-11,14H2,1-2H3;11-12,14,16-20,22-23,30H,3-10,13H2,1-2H3/t18-,20+,21-,22-,23-,24?,26-,27-,28-;18-,20+,21-,22-,23-,25?,26-,27-,28-;15-,17+,18?,19?,20?,21+,23?,24-,25+;14-,16+,17-,18-,19-,20+,22-,23-,24-,25+/m1111/s1. The van der Waals surface area contributed by atoms with Crippen molar-refractivity contribution in [1.29, 1.82) is 0 Å². The van der Waals surface area contributed by atoms with Crippen LogP contribution in [0.1, 0.15) is 289 Å². The van der Waals surface area contributed by atoms with Crippen molar-refractivity contribution in [3.8, 4) is 0 Å². The average Bonchev–Trinajstić information content (AvgIpc) is 1.53. The highest BCUT2D eigenvalue weighted by atomic mass is 35.5. The van der Waals surface area contributed by atoms with Gasteiger partial charge in [-0.25, -0.2) is 23.0 Å². The minimum Gasteiger partial charge on any atom is -0.390 e. The summed E-state index contributed by atoms with van der Waals surface area (Å²) in [5.74, 6) is 9.57. The molecule has 21 rings (SSSR count). The van der Waals surface area contributed by atoms with E-state index in [2.05, 4.69) is 74.9 Å². The summed E-state index contributed by atoms with van der Waals surface area (Å²) in [6.45, 7) is 46.9. The van der Waals surface area contributed by atoms with E-state index in [1.807, 2.05) is 34.6 Å². The fourth-order valence-corrected chi connectivity index (χ4v) is 38.5. The van der Waals surface area contributed by atoms with E-state index in [4.69, 9.17) is 31.3 Å². The van der Waals surface area contributed by atoms with Gasteiger partial charge in [-0.05, 0) is 399 Å². The highest BCUT2D eigenvalue weighted by Crippen LogP contribution is 2.76. The summed E-state index contributed by atoms with van der Waals surface area (Å²) in [5.41, 5.74) is -1.76. The molecule has 0 bridgehead atoms. The molecule has 0 radical (unpaired) electrons. The minimum atomic E-state index is -4.41. The number of sulfone groups is 1. The molecule has 0 spiro atoms. The van der Waals surface area contributed by atoms with Crippen LogP contribution in [0.15, 0.2) is 49.6 Å². The second-order valence-corrected chi connectivity index (χ2v) is 53.1. The first-order valence-corrected chi connectivity index (χ1v) is 54.1. The normalized spacial score (nSPS) is 45.1. The molecule has 22 nitrogen and oxygen atoms in total. The average molecular weight is 1890 g/mol. The number of nitrogens with one attached hydrogen (secondary N) is 1. The lowest BCUT2D eigenvalue weighted by Gasteiger charge is -2.57. The largest absolute Gasteiger partial charge is 0.392 e. The van der Waals surface area contributed by atoms with Crippen molar-refractivity contribution in [3.05, 3.63) is 88.8 Å². The fourth-order valence-electron chi connectivity index (χ4n) is 36.3.